The second-order valence-corrected chi connectivity index (χ2v) is 9.08. The molecule has 1 aliphatic rings. The van der Waals surface area contributed by atoms with E-state index >= 15 is 0 Å². The number of thioether (sulfide) groups is 1. The number of imide groups is 1. The van der Waals surface area contributed by atoms with Crippen molar-refractivity contribution in [3.8, 4) is 22.8 Å². The van der Waals surface area contributed by atoms with Crippen LogP contribution in [0, 0.1) is 0 Å². The van der Waals surface area contributed by atoms with Crippen LogP contribution in [0.3, 0.4) is 0 Å². The summed E-state index contributed by atoms with van der Waals surface area (Å²) >= 11 is 0.876. The zero-order valence-corrected chi connectivity index (χ0v) is 20.2. The minimum atomic E-state index is -0.391. The van der Waals surface area contributed by atoms with Crippen molar-refractivity contribution in [2.75, 3.05) is 13.2 Å². The van der Waals surface area contributed by atoms with Gasteiger partial charge < -0.3 is 14.0 Å². The van der Waals surface area contributed by atoms with E-state index < -0.39 is 5.91 Å². The van der Waals surface area contributed by atoms with E-state index in [1.807, 2.05) is 60.1 Å². The van der Waals surface area contributed by atoms with Crippen LogP contribution < -0.4 is 20.2 Å². The Labute approximate surface area is 211 Å². The molecular formula is C28H22N2O5S. The monoisotopic (exact) mass is 498 g/mol. The lowest BCUT2D eigenvalue weighted by atomic mass is 10.1. The molecule has 3 aromatic carbocycles. The molecule has 0 radical (unpaired) electrons. The van der Waals surface area contributed by atoms with Crippen LogP contribution in [0.15, 0.2) is 88.6 Å². The van der Waals surface area contributed by atoms with Crippen molar-refractivity contribution < 1.29 is 19.1 Å². The summed E-state index contributed by atoms with van der Waals surface area (Å²) in [4.78, 5) is 36.7. The molecule has 1 fully saturated rings. The first kappa shape index (κ1) is 23.4. The van der Waals surface area contributed by atoms with Gasteiger partial charge in [-0.3, -0.25) is 19.7 Å². The standard InChI is InChI=1S/C28H22N2O5S/c1-30-22-10-6-5-9-21(22)25(31)26(24(30)19-7-3-2-4-8-19)35-16-15-34-20-13-11-18(12-14-20)17-23-27(32)29-28(33)36-23/h2-14,17H,15-16H2,1H3,(H,29,32,33)/b23-17+. The number of hydrogen-bond acceptors (Lipinski definition) is 6. The van der Waals surface area contributed by atoms with E-state index in [2.05, 4.69) is 5.32 Å². The first-order chi connectivity index (χ1) is 17.5. The number of pyridine rings is 1. The van der Waals surface area contributed by atoms with Gasteiger partial charge in [0.1, 0.15) is 19.0 Å². The fourth-order valence-electron chi connectivity index (χ4n) is 4.05. The Morgan fingerprint density at radius 1 is 0.861 bits per heavy atom. The number of carbonyl (C=O) groups is 2. The molecule has 8 heteroatoms. The summed E-state index contributed by atoms with van der Waals surface area (Å²) in [5.74, 6) is 0.516. The molecule has 4 aromatic rings. The highest BCUT2D eigenvalue weighted by molar-refractivity contribution is 8.18. The van der Waals surface area contributed by atoms with E-state index in [1.54, 1.807) is 36.4 Å². The van der Waals surface area contributed by atoms with E-state index in [4.69, 9.17) is 9.47 Å². The average Bonchev–Trinajstić information content (AvgIpc) is 3.22. The van der Waals surface area contributed by atoms with Gasteiger partial charge in [-0.2, -0.15) is 0 Å². The van der Waals surface area contributed by atoms with Crippen LogP contribution in [0.5, 0.6) is 11.5 Å². The van der Waals surface area contributed by atoms with E-state index in [9.17, 15) is 14.4 Å². The maximum absolute atomic E-state index is 13.3. The maximum atomic E-state index is 13.3. The number of rotatable bonds is 7. The summed E-state index contributed by atoms with van der Waals surface area (Å²) < 4.78 is 13.8. The number of hydrogen-bond donors (Lipinski definition) is 1. The van der Waals surface area contributed by atoms with Crippen molar-refractivity contribution >= 4 is 39.9 Å². The molecule has 36 heavy (non-hydrogen) atoms. The number of para-hydroxylation sites is 1. The largest absolute Gasteiger partial charge is 0.490 e. The normalized spacial score (nSPS) is 14.3. The predicted molar refractivity (Wildman–Crippen MR) is 141 cm³/mol. The first-order valence-electron chi connectivity index (χ1n) is 11.3. The van der Waals surface area contributed by atoms with Crippen LogP contribution in [-0.4, -0.2) is 28.9 Å². The minimum Gasteiger partial charge on any atom is -0.490 e. The van der Waals surface area contributed by atoms with Crippen LogP contribution in [0.25, 0.3) is 28.2 Å². The lowest BCUT2D eigenvalue weighted by Gasteiger charge is -2.18. The second-order valence-electron chi connectivity index (χ2n) is 8.07. The highest BCUT2D eigenvalue weighted by atomic mass is 32.2. The number of nitrogens with one attached hydrogen (secondary N) is 1. The molecule has 5 rings (SSSR count). The zero-order valence-electron chi connectivity index (χ0n) is 19.4. The molecule has 1 aromatic heterocycles. The van der Waals surface area contributed by atoms with Crippen LogP contribution in [-0.2, 0) is 11.8 Å². The fourth-order valence-corrected chi connectivity index (χ4v) is 4.73. The maximum Gasteiger partial charge on any atom is 0.290 e. The quantitative estimate of drug-likeness (QED) is 0.286. The molecule has 180 valence electrons. The van der Waals surface area contributed by atoms with Crippen LogP contribution in [0.4, 0.5) is 4.79 Å². The SMILES string of the molecule is Cn1c(-c2ccccc2)c(OCCOc2ccc(/C=C3/SC(=O)NC3=O)cc2)c(=O)c2ccccc21. The molecule has 1 N–H and O–H groups in total. The number of fused-ring (bicyclic) bond motifs is 1. The molecule has 0 aliphatic carbocycles. The van der Waals surface area contributed by atoms with Gasteiger partial charge in [-0.25, -0.2) is 0 Å². The van der Waals surface area contributed by atoms with E-state index in [1.165, 1.54) is 0 Å². The van der Waals surface area contributed by atoms with Crippen LogP contribution in [0.1, 0.15) is 5.56 Å². The molecular weight excluding hydrogens is 476 g/mol. The van der Waals surface area contributed by atoms with Gasteiger partial charge in [0.25, 0.3) is 11.1 Å². The van der Waals surface area contributed by atoms with Gasteiger partial charge in [-0.1, -0.05) is 54.6 Å². The lowest BCUT2D eigenvalue weighted by molar-refractivity contribution is -0.115. The Balaban J connectivity index is 1.31. The van der Waals surface area contributed by atoms with Gasteiger partial charge in [0.2, 0.25) is 5.43 Å². The van der Waals surface area contributed by atoms with Crippen LogP contribution in [0.2, 0.25) is 0 Å². The van der Waals surface area contributed by atoms with Crippen molar-refractivity contribution in [2.24, 2.45) is 7.05 Å². The number of amides is 2. The summed E-state index contributed by atoms with van der Waals surface area (Å²) in [7, 11) is 1.92. The van der Waals surface area contributed by atoms with E-state index in [-0.39, 0.29) is 29.6 Å². The van der Waals surface area contributed by atoms with Gasteiger partial charge in [0, 0.05) is 18.0 Å². The third-order valence-corrected chi connectivity index (χ3v) is 6.54. The van der Waals surface area contributed by atoms with Crippen molar-refractivity contribution in [1.82, 2.24) is 9.88 Å². The summed E-state index contributed by atoms with van der Waals surface area (Å²) in [6.45, 7) is 0.412. The summed E-state index contributed by atoms with van der Waals surface area (Å²) in [6.07, 6.45) is 1.65. The topological polar surface area (TPSA) is 86.6 Å². The average molecular weight is 499 g/mol. The van der Waals surface area contributed by atoms with Gasteiger partial charge in [0.05, 0.1) is 16.1 Å². The van der Waals surface area contributed by atoms with Gasteiger partial charge in [-0.15, -0.1) is 0 Å². The third kappa shape index (κ3) is 4.76. The highest BCUT2D eigenvalue weighted by Gasteiger charge is 2.24. The second kappa shape index (κ2) is 10.1. The molecule has 0 bridgehead atoms. The number of aromatic nitrogens is 1. The molecule has 0 spiro atoms. The molecule has 0 atom stereocenters. The Kier molecular flexibility index (Phi) is 6.60. The fraction of sp³-hybridized carbons (Fsp3) is 0.107. The van der Waals surface area contributed by atoms with Crippen molar-refractivity contribution in [2.45, 2.75) is 0 Å². The van der Waals surface area contributed by atoms with E-state index in [0.717, 1.165) is 28.4 Å². The molecule has 2 heterocycles. The summed E-state index contributed by atoms with van der Waals surface area (Å²) in [5, 5.41) is 2.45. The number of aryl methyl sites for hydroxylation is 1. The highest BCUT2D eigenvalue weighted by Crippen LogP contribution is 2.30. The molecule has 1 aliphatic heterocycles. The number of benzene rings is 3. The Morgan fingerprint density at radius 3 is 2.28 bits per heavy atom. The number of nitrogens with zero attached hydrogens (tertiary/aromatic N) is 1. The minimum absolute atomic E-state index is 0.160. The molecule has 0 unspecified atom stereocenters. The van der Waals surface area contributed by atoms with Crippen molar-refractivity contribution in [3.63, 3.8) is 0 Å². The smallest absolute Gasteiger partial charge is 0.290 e. The predicted octanol–water partition coefficient (Wildman–Crippen LogP) is 4.99. The number of carbonyl (C=O) groups excluding carboxylic acids is 2. The van der Waals surface area contributed by atoms with Gasteiger partial charge in [0.15, 0.2) is 5.75 Å². The molecule has 2 amide bonds. The molecule has 0 saturated carbocycles. The first-order valence-corrected chi connectivity index (χ1v) is 12.1. The molecule has 1 saturated heterocycles. The van der Waals surface area contributed by atoms with Crippen LogP contribution >= 0.6 is 11.8 Å². The summed E-state index contributed by atoms with van der Waals surface area (Å²) in [5.41, 5.74) is 3.05. The molecule has 7 nitrogen and oxygen atoms in total. The third-order valence-electron chi connectivity index (χ3n) is 5.73. The summed E-state index contributed by atoms with van der Waals surface area (Å²) in [6, 6.07) is 24.3. The Hall–Kier alpha value is -4.30. The Morgan fingerprint density at radius 2 is 1.56 bits per heavy atom. The van der Waals surface area contributed by atoms with E-state index in [0.29, 0.717) is 21.7 Å². The Bertz CT molecular complexity index is 1540. The lowest BCUT2D eigenvalue weighted by Crippen LogP contribution is -2.18. The van der Waals surface area contributed by atoms with Gasteiger partial charge >= 0.3 is 0 Å². The van der Waals surface area contributed by atoms with Crippen molar-refractivity contribution in [1.29, 1.82) is 0 Å². The zero-order chi connectivity index (χ0) is 25.1. The number of ether oxygens (including phenoxy) is 2. The van der Waals surface area contributed by atoms with Gasteiger partial charge in [-0.05, 0) is 47.7 Å². The van der Waals surface area contributed by atoms with Crippen molar-refractivity contribution in [3.05, 3.63) is 99.6 Å².